The predicted molar refractivity (Wildman–Crippen MR) is 144 cm³/mol. The lowest BCUT2D eigenvalue weighted by Crippen LogP contribution is -2.40. The van der Waals surface area contributed by atoms with E-state index in [4.69, 9.17) is 15.2 Å². The molecule has 1 unspecified atom stereocenters. The van der Waals surface area contributed by atoms with Gasteiger partial charge in [0.05, 0.1) is 6.42 Å². The van der Waals surface area contributed by atoms with E-state index >= 15 is 0 Å². The summed E-state index contributed by atoms with van der Waals surface area (Å²) in [4.78, 5) is 27.0. The van der Waals surface area contributed by atoms with Crippen molar-refractivity contribution < 1.29 is 19.1 Å². The Morgan fingerprint density at radius 1 is 0.794 bits per heavy atom. The number of carbonyl (C=O) groups excluding carboxylic acids is 2. The van der Waals surface area contributed by atoms with Crippen LogP contribution in [0.3, 0.4) is 0 Å². The lowest BCUT2D eigenvalue weighted by molar-refractivity contribution is -0.152. The third-order valence-electron chi connectivity index (χ3n) is 6.09. The molecule has 34 heavy (non-hydrogen) atoms. The van der Waals surface area contributed by atoms with Gasteiger partial charge in [-0.1, -0.05) is 66.7 Å². The second-order valence-corrected chi connectivity index (χ2v) is 9.15. The minimum absolute atomic E-state index is 0.00384. The van der Waals surface area contributed by atoms with Gasteiger partial charge in [0, 0.05) is 32.7 Å². The quantitative estimate of drug-likeness (QED) is 0.145. The van der Waals surface area contributed by atoms with Crippen LogP contribution in [0.1, 0.15) is 131 Å². The van der Waals surface area contributed by atoms with Crippen LogP contribution in [0.25, 0.3) is 0 Å². The molecule has 0 aromatic rings. The topological polar surface area (TPSA) is 81.9 Å². The van der Waals surface area contributed by atoms with Crippen molar-refractivity contribution >= 4 is 11.9 Å². The van der Waals surface area contributed by atoms with Gasteiger partial charge in [0.15, 0.2) is 0 Å². The molecule has 0 aromatic heterocycles. The summed E-state index contributed by atoms with van der Waals surface area (Å²) in [6, 6.07) is 0.243. The summed E-state index contributed by atoms with van der Waals surface area (Å²) in [5.41, 5.74) is 5.59. The van der Waals surface area contributed by atoms with E-state index in [9.17, 15) is 9.59 Å². The SMILES string of the molecule is CCCCCCC(CCC)OC(=O)CCC(=O)N(CCCCN)C(CC)CC.CCCCOC. The molecular weight excluding hydrogens is 428 g/mol. The zero-order valence-electron chi connectivity index (χ0n) is 23.5. The zero-order chi connectivity index (χ0) is 26.0. The van der Waals surface area contributed by atoms with Crippen LogP contribution in [-0.2, 0) is 19.1 Å². The zero-order valence-corrected chi connectivity index (χ0v) is 23.5. The first kappa shape index (κ1) is 35.0. The molecular formula is C28H58N2O4. The number of amides is 1. The first-order valence-corrected chi connectivity index (χ1v) is 14.1. The summed E-state index contributed by atoms with van der Waals surface area (Å²) in [5.74, 6) is -0.161. The molecule has 0 aliphatic heterocycles. The van der Waals surface area contributed by atoms with E-state index in [1.54, 1.807) is 7.11 Å². The number of rotatable bonds is 21. The van der Waals surface area contributed by atoms with Crippen LogP contribution < -0.4 is 5.73 Å². The number of nitrogens with two attached hydrogens (primary N) is 1. The van der Waals surface area contributed by atoms with Gasteiger partial charge in [-0.2, -0.15) is 0 Å². The minimum atomic E-state index is -0.228. The Morgan fingerprint density at radius 3 is 1.97 bits per heavy atom. The lowest BCUT2D eigenvalue weighted by atomic mass is 10.1. The Bertz CT molecular complexity index is 452. The Balaban J connectivity index is 0. The fraction of sp³-hybridized carbons (Fsp3) is 0.929. The number of ether oxygens (including phenoxy) is 2. The molecule has 0 aromatic carbocycles. The van der Waals surface area contributed by atoms with Gasteiger partial charge >= 0.3 is 5.97 Å². The molecule has 6 heteroatoms. The molecule has 0 saturated carbocycles. The molecule has 0 spiro atoms. The van der Waals surface area contributed by atoms with Gasteiger partial charge in [0.1, 0.15) is 6.10 Å². The van der Waals surface area contributed by atoms with Crippen LogP contribution in [0, 0.1) is 0 Å². The summed E-state index contributed by atoms with van der Waals surface area (Å²) in [6.07, 6.45) is 14.2. The smallest absolute Gasteiger partial charge is 0.306 e. The van der Waals surface area contributed by atoms with Crippen molar-refractivity contribution in [2.45, 2.75) is 143 Å². The van der Waals surface area contributed by atoms with Crippen molar-refractivity contribution in [3.05, 3.63) is 0 Å². The van der Waals surface area contributed by atoms with Gasteiger partial charge < -0.3 is 20.1 Å². The number of nitrogens with zero attached hydrogens (tertiary/aromatic N) is 1. The molecule has 204 valence electrons. The maximum atomic E-state index is 12.7. The molecule has 0 aliphatic carbocycles. The van der Waals surface area contributed by atoms with Crippen LogP contribution in [0.5, 0.6) is 0 Å². The summed E-state index contributed by atoms with van der Waals surface area (Å²) in [5, 5.41) is 0. The van der Waals surface area contributed by atoms with Gasteiger partial charge in [0.25, 0.3) is 0 Å². The molecule has 1 amide bonds. The average Bonchev–Trinajstić information content (AvgIpc) is 2.84. The van der Waals surface area contributed by atoms with E-state index in [-0.39, 0.29) is 36.9 Å². The summed E-state index contributed by atoms with van der Waals surface area (Å²) < 4.78 is 10.5. The number of carbonyl (C=O) groups is 2. The van der Waals surface area contributed by atoms with Crippen molar-refractivity contribution in [2.75, 3.05) is 26.8 Å². The molecule has 2 N–H and O–H groups in total. The van der Waals surface area contributed by atoms with Gasteiger partial charge in [-0.15, -0.1) is 0 Å². The van der Waals surface area contributed by atoms with Crippen LogP contribution in [0.4, 0.5) is 0 Å². The Labute approximate surface area is 211 Å². The van der Waals surface area contributed by atoms with Gasteiger partial charge in [-0.3, -0.25) is 9.59 Å². The summed E-state index contributed by atoms with van der Waals surface area (Å²) >= 11 is 0. The van der Waals surface area contributed by atoms with E-state index < -0.39 is 0 Å². The predicted octanol–water partition coefficient (Wildman–Crippen LogP) is 6.64. The van der Waals surface area contributed by atoms with Crippen LogP contribution in [0.2, 0.25) is 0 Å². The Hall–Kier alpha value is -1.14. The van der Waals surface area contributed by atoms with Crippen molar-refractivity contribution in [3.8, 4) is 0 Å². The number of unbranched alkanes of at least 4 members (excludes halogenated alkanes) is 5. The van der Waals surface area contributed by atoms with E-state index in [1.165, 1.54) is 32.1 Å². The number of esters is 1. The average molecular weight is 487 g/mol. The molecule has 0 bridgehead atoms. The fourth-order valence-corrected chi connectivity index (χ4v) is 3.94. The molecule has 1 atom stereocenters. The summed E-state index contributed by atoms with van der Waals surface area (Å²) in [6.45, 7) is 13.0. The Kier molecular flexibility index (Phi) is 27.3. The van der Waals surface area contributed by atoms with Gasteiger partial charge in [-0.25, -0.2) is 0 Å². The van der Waals surface area contributed by atoms with Gasteiger partial charge in [-0.05, 0) is 57.9 Å². The molecule has 0 saturated heterocycles. The number of hydrogen-bond acceptors (Lipinski definition) is 5. The fourth-order valence-electron chi connectivity index (χ4n) is 3.94. The molecule has 0 radical (unpaired) electrons. The van der Waals surface area contributed by atoms with Crippen molar-refractivity contribution in [3.63, 3.8) is 0 Å². The highest BCUT2D eigenvalue weighted by Crippen LogP contribution is 2.16. The highest BCUT2D eigenvalue weighted by atomic mass is 16.5. The van der Waals surface area contributed by atoms with Crippen molar-refractivity contribution in [1.82, 2.24) is 4.90 Å². The van der Waals surface area contributed by atoms with Crippen molar-refractivity contribution in [2.24, 2.45) is 5.73 Å². The molecule has 0 aliphatic rings. The second-order valence-electron chi connectivity index (χ2n) is 9.15. The van der Waals surface area contributed by atoms with Crippen LogP contribution >= 0.6 is 0 Å². The minimum Gasteiger partial charge on any atom is -0.462 e. The Morgan fingerprint density at radius 2 is 1.47 bits per heavy atom. The van der Waals surface area contributed by atoms with Crippen LogP contribution in [-0.4, -0.2) is 55.7 Å². The third kappa shape index (κ3) is 20.3. The van der Waals surface area contributed by atoms with Gasteiger partial charge in [0.2, 0.25) is 5.91 Å². The lowest BCUT2D eigenvalue weighted by Gasteiger charge is -2.31. The number of hydrogen-bond donors (Lipinski definition) is 1. The highest BCUT2D eigenvalue weighted by Gasteiger charge is 2.22. The van der Waals surface area contributed by atoms with E-state index in [1.807, 2.05) is 4.90 Å². The first-order valence-electron chi connectivity index (χ1n) is 14.1. The monoisotopic (exact) mass is 486 g/mol. The third-order valence-corrected chi connectivity index (χ3v) is 6.09. The largest absolute Gasteiger partial charge is 0.462 e. The normalized spacial score (nSPS) is 11.6. The maximum Gasteiger partial charge on any atom is 0.306 e. The molecule has 0 fully saturated rings. The second kappa shape index (κ2) is 26.5. The van der Waals surface area contributed by atoms with Crippen LogP contribution in [0.15, 0.2) is 0 Å². The highest BCUT2D eigenvalue weighted by molar-refractivity contribution is 5.81. The first-order chi connectivity index (χ1) is 16.4. The van der Waals surface area contributed by atoms with E-state index in [0.29, 0.717) is 6.54 Å². The number of methoxy groups -OCH3 is 1. The van der Waals surface area contributed by atoms with Crippen molar-refractivity contribution in [1.29, 1.82) is 0 Å². The molecule has 6 nitrogen and oxygen atoms in total. The molecule has 0 heterocycles. The maximum absolute atomic E-state index is 12.7. The standard InChI is InChI=1S/C23H46N2O3.C5H12O/c1-5-9-10-11-15-21(14-6-2)28-23(27)17-16-22(26)25(19-13-12-18-24)20(7-3)8-4;1-3-4-5-6-2/h20-21H,5-19,24H2,1-4H3;3-5H2,1-2H3. The summed E-state index contributed by atoms with van der Waals surface area (Å²) in [7, 11) is 1.73. The van der Waals surface area contributed by atoms with E-state index in [2.05, 4.69) is 34.6 Å². The van der Waals surface area contributed by atoms with E-state index in [0.717, 1.165) is 64.5 Å². The molecule has 0 rings (SSSR count).